The normalized spacial score (nSPS) is 8.00. The van der Waals surface area contributed by atoms with Gasteiger partial charge in [-0.25, -0.2) is 6.07 Å². The molecule has 0 aliphatic carbocycles. The predicted molar refractivity (Wildman–Crippen MR) is 47.4 cm³/mol. The minimum atomic E-state index is -0.0556. The van der Waals surface area contributed by atoms with Crippen molar-refractivity contribution in [3.05, 3.63) is 48.5 Å². The van der Waals surface area contributed by atoms with Crippen molar-refractivity contribution in [3.8, 4) is 11.5 Å². The Labute approximate surface area is 87.7 Å². The molecule has 0 saturated carbocycles. The first-order valence-corrected chi connectivity index (χ1v) is 3.61. The molecule has 13 heavy (non-hydrogen) atoms. The van der Waals surface area contributed by atoms with Gasteiger partial charge in [-0.3, -0.25) is 0 Å². The van der Waals surface area contributed by atoms with Gasteiger partial charge in [0, 0.05) is 28.6 Å². The van der Waals surface area contributed by atoms with Crippen molar-refractivity contribution >= 4 is 0 Å². The van der Waals surface area contributed by atoms with Gasteiger partial charge in [0.2, 0.25) is 0 Å². The van der Waals surface area contributed by atoms with Crippen molar-refractivity contribution in [1.82, 2.24) is 0 Å². The summed E-state index contributed by atoms with van der Waals surface area (Å²) in [5.41, 5.74) is 0. The Morgan fingerprint density at radius 2 is 1.54 bits per heavy atom. The maximum Gasteiger partial charge on any atom is 0.0424 e. The third-order valence-corrected chi connectivity index (χ3v) is 1.33. The molecule has 0 fully saturated rings. The van der Waals surface area contributed by atoms with E-state index in [1.165, 1.54) is 12.1 Å². The number of aromatic hydroxyl groups is 2. The quantitative estimate of drug-likeness (QED) is 0.525. The Morgan fingerprint density at radius 3 is 1.69 bits per heavy atom. The van der Waals surface area contributed by atoms with Crippen LogP contribution in [0.2, 0.25) is 0 Å². The Bertz CT molecular complexity index is 265. The van der Waals surface area contributed by atoms with E-state index in [4.69, 9.17) is 10.2 Å². The van der Waals surface area contributed by atoms with E-state index in [9.17, 15) is 0 Å². The Kier molecular flexibility index (Phi) is 5.77. The van der Waals surface area contributed by atoms with E-state index in [2.05, 4.69) is 0 Å². The zero-order chi connectivity index (χ0) is 8.81. The van der Waals surface area contributed by atoms with Gasteiger partial charge in [-0.15, -0.1) is 6.07 Å². The smallest absolute Gasteiger partial charge is 0.0424 e. The van der Waals surface area contributed by atoms with Crippen LogP contribution in [0.3, 0.4) is 0 Å². The van der Waals surface area contributed by atoms with Gasteiger partial charge < -0.3 is 40.5 Å². The predicted octanol–water partition coefficient (Wildman–Crippen LogP) is 2.22. The van der Waals surface area contributed by atoms with Gasteiger partial charge in [0.1, 0.15) is 0 Å². The summed E-state index contributed by atoms with van der Waals surface area (Å²) < 4.78 is 0. The van der Waals surface area contributed by atoms with Crippen molar-refractivity contribution in [2.45, 2.75) is 0 Å². The summed E-state index contributed by atoms with van der Waals surface area (Å²) in [5.74, 6) is -0.111. The van der Waals surface area contributed by atoms with E-state index in [0.29, 0.717) is 0 Å². The van der Waals surface area contributed by atoms with E-state index >= 15 is 0 Å². The van der Waals surface area contributed by atoms with Crippen LogP contribution in [0.15, 0.2) is 48.5 Å². The minimum Gasteiger partial charge on any atom is -0.748 e. The first-order valence-electron chi connectivity index (χ1n) is 3.61. The summed E-state index contributed by atoms with van der Waals surface area (Å²) in [4.78, 5) is 0. The monoisotopic (exact) mass is 218 g/mol. The summed E-state index contributed by atoms with van der Waals surface area (Å²) in [6.07, 6.45) is 0. The molecular formula is C10H10FeO2-6. The SMILES string of the molecule is Oc1ccc[c-]1O.[Fe].[cH-]1[cH-][cH-][cH-][cH-]1. The second-order valence-corrected chi connectivity index (χ2v) is 2.26. The molecule has 2 aromatic carbocycles. The fourth-order valence-electron chi connectivity index (χ4n) is 0.722. The number of rotatable bonds is 0. The summed E-state index contributed by atoms with van der Waals surface area (Å²) in [5, 5.41) is 17.0. The molecule has 2 N–H and O–H groups in total. The molecule has 2 nitrogen and oxygen atoms in total. The molecule has 0 heterocycles. The third kappa shape index (κ3) is 4.41. The van der Waals surface area contributed by atoms with Crippen molar-refractivity contribution in [2.75, 3.05) is 0 Å². The van der Waals surface area contributed by atoms with Gasteiger partial charge in [0.05, 0.1) is 0 Å². The molecule has 0 saturated heterocycles. The molecule has 0 unspecified atom stereocenters. The van der Waals surface area contributed by atoms with Crippen LogP contribution in [0.4, 0.5) is 0 Å². The standard InChI is InChI=1S/C5H5O2.C5H5.Fe/c6-4-2-1-3-5(4)7;1-2-4-5-3-1;/h1-3,6-7H;1-5H;/q-1;-5;. The Balaban J connectivity index is 0.000000215. The van der Waals surface area contributed by atoms with Gasteiger partial charge in [0.15, 0.2) is 0 Å². The molecule has 2 rings (SSSR count). The van der Waals surface area contributed by atoms with Crippen molar-refractivity contribution in [1.29, 1.82) is 0 Å². The van der Waals surface area contributed by atoms with Crippen LogP contribution >= 0.6 is 0 Å². The average Bonchev–Trinajstić information content (AvgIpc) is 2.67. The van der Waals surface area contributed by atoms with E-state index in [-0.39, 0.29) is 28.6 Å². The molecule has 0 amide bonds. The fourth-order valence-corrected chi connectivity index (χ4v) is 0.722. The van der Waals surface area contributed by atoms with E-state index in [1.54, 1.807) is 6.07 Å². The zero-order valence-electron chi connectivity index (χ0n) is 6.87. The molecule has 2 aromatic rings. The molecule has 0 aliphatic rings. The maximum absolute atomic E-state index is 8.51. The number of hydrogen-bond donors (Lipinski definition) is 2. The second kappa shape index (κ2) is 6.35. The summed E-state index contributed by atoms with van der Waals surface area (Å²) >= 11 is 0. The first-order chi connectivity index (χ1) is 5.80. The molecule has 0 aromatic heterocycles. The van der Waals surface area contributed by atoms with Gasteiger partial charge in [-0.2, -0.15) is 6.07 Å². The van der Waals surface area contributed by atoms with E-state index in [0.717, 1.165) is 0 Å². The fraction of sp³-hybridized carbons (Fsp3) is 0. The largest absolute Gasteiger partial charge is 0.748 e. The van der Waals surface area contributed by atoms with Crippen LogP contribution in [0, 0.1) is 0 Å². The zero-order valence-corrected chi connectivity index (χ0v) is 7.97. The van der Waals surface area contributed by atoms with Crippen LogP contribution in [0.1, 0.15) is 0 Å². The van der Waals surface area contributed by atoms with Gasteiger partial charge in [-0.05, 0) is 0 Å². The van der Waals surface area contributed by atoms with Crippen LogP contribution in [0.5, 0.6) is 11.5 Å². The number of hydrogen-bond acceptors (Lipinski definition) is 2. The molecule has 0 atom stereocenters. The molecular weight excluding hydrogens is 208 g/mol. The van der Waals surface area contributed by atoms with Crippen molar-refractivity contribution in [3.63, 3.8) is 0 Å². The van der Waals surface area contributed by atoms with Gasteiger partial charge >= 0.3 is 0 Å². The minimum absolute atomic E-state index is 0. The van der Waals surface area contributed by atoms with Crippen LogP contribution in [-0.4, -0.2) is 10.2 Å². The van der Waals surface area contributed by atoms with Crippen LogP contribution < -0.4 is 0 Å². The molecule has 0 radical (unpaired) electrons. The summed E-state index contributed by atoms with van der Waals surface area (Å²) in [6.45, 7) is 0. The van der Waals surface area contributed by atoms with E-state index < -0.39 is 0 Å². The molecule has 0 aliphatic heterocycles. The van der Waals surface area contributed by atoms with Crippen molar-refractivity contribution < 1.29 is 27.3 Å². The molecule has 0 bridgehead atoms. The van der Waals surface area contributed by atoms with Gasteiger partial charge in [-0.1, -0.05) is 0 Å². The maximum atomic E-state index is 8.51. The Morgan fingerprint density at radius 1 is 1.08 bits per heavy atom. The van der Waals surface area contributed by atoms with Crippen LogP contribution in [0.25, 0.3) is 0 Å². The van der Waals surface area contributed by atoms with E-state index in [1.807, 2.05) is 30.3 Å². The molecule has 0 spiro atoms. The average molecular weight is 218 g/mol. The second-order valence-electron chi connectivity index (χ2n) is 2.26. The third-order valence-electron chi connectivity index (χ3n) is 1.33. The molecule has 3 heteroatoms. The summed E-state index contributed by atoms with van der Waals surface area (Å²) in [6, 6.07) is 14.4. The Hall–Kier alpha value is -1.18. The van der Waals surface area contributed by atoms with Crippen molar-refractivity contribution in [2.24, 2.45) is 0 Å². The van der Waals surface area contributed by atoms with Gasteiger partial charge in [0.25, 0.3) is 0 Å². The topological polar surface area (TPSA) is 40.5 Å². The van der Waals surface area contributed by atoms with Crippen LogP contribution in [-0.2, 0) is 17.1 Å². The molecule has 76 valence electrons. The first kappa shape index (κ1) is 11.8. The summed E-state index contributed by atoms with van der Waals surface area (Å²) in [7, 11) is 0.